The smallest absolute Gasteiger partial charge is 0.428 e. The van der Waals surface area contributed by atoms with Crippen LogP contribution in [-0.2, 0) is 11.2 Å². The Morgan fingerprint density at radius 3 is 2.35 bits per heavy atom. The van der Waals surface area contributed by atoms with Crippen LogP contribution in [0.1, 0.15) is 33.3 Å². The first-order valence-corrected chi connectivity index (χ1v) is 6.45. The second-order valence-electron chi connectivity index (χ2n) is 5.49. The molecule has 110 valence electrons. The Kier molecular flexibility index (Phi) is 5.55. The molecule has 0 spiro atoms. The Balaban J connectivity index is 2.50. The zero-order valence-electron chi connectivity index (χ0n) is 12.7. The molecule has 0 atom stereocenters. The molecule has 0 radical (unpaired) electrons. The molecule has 1 rings (SSSR count). The molecule has 5 nitrogen and oxygen atoms in total. The average Bonchev–Trinajstić information content (AvgIpc) is 2.35. The maximum absolute atomic E-state index is 11.4. The number of methoxy groups -OCH3 is 1. The van der Waals surface area contributed by atoms with Gasteiger partial charge in [0, 0.05) is 12.1 Å². The van der Waals surface area contributed by atoms with Crippen LogP contribution in [0, 0.1) is 0 Å². The van der Waals surface area contributed by atoms with E-state index in [1.54, 1.807) is 27.9 Å². The van der Waals surface area contributed by atoms with Crippen molar-refractivity contribution in [3.05, 3.63) is 29.8 Å². The molecule has 1 N–H and O–H groups in total. The minimum Gasteiger partial charge on any atom is -0.497 e. The molecule has 0 saturated carbocycles. The molecule has 0 unspecified atom stereocenters. The molecule has 20 heavy (non-hydrogen) atoms. The van der Waals surface area contributed by atoms with Gasteiger partial charge in [-0.15, -0.1) is 0 Å². The third-order valence-corrected chi connectivity index (χ3v) is 2.36. The van der Waals surface area contributed by atoms with E-state index in [9.17, 15) is 4.79 Å². The van der Waals surface area contributed by atoms with Gasteiger partial charge in [-0.3, -0.25) is 0 Å². The highest BCUT2D eigenvalue weighted by molar-refractivity contribution is 5.85. The summed E-state index contributed by atoms with van der Waals surface area (Å²) < 4.78 is 10.2. The van der Waals surface area contributed by atoms with Crippen LogP contribution in [0.15, 0.2) is 29.4 Å². The highest BCUT2D eigenvalue weighted by Gasteiger charge is 2.15. The topological polar surface area (TPSA) is 59.9 Å². The van der Waals surface area contributed by atoms with E-state index in [0.717, 1.165) is 17.0 Å². The molecule has 0 bridgehead atoms. The Bertz CT molecular complexity index is 473. The monoisotopic (exact) mass is 278 g/mol. The van der Waals surface area contributed by atoms with Gasteiger partial charge in [-0.2, -0.15) is 5.10 Å². The van der Waals surface area contributed by atoms with Crippen molar-refractivity contribution in [2.24, 2.45) is 5.10 Å². The third-order valence-electron chi connectivity index (χ3n) is 2.36. The Labute approximate surface area is 120 Å². The zero-order valence-corrected chi connectivity index (χ0v) is 12.7. The highest BCUT2D eigenvalue weighted by Crippen LogP contribution is 2.12. The van der Waals surface area contributed by atoms with Gasteiger partial charge >= 0.3 is 6.09 Å². The van der Waals surface area contributed by atoms with Crippen molar-refractivity contribution in [1.29, 1.82) is 0 Å². The molecule has 0 fully saturated rings. The second-order valence-corrected chi connectivity index (χ2v) is 5.49. The lowest BCUT2D eigenvalue weighted by Gasteiger charge is -2.18. The third kappa shape index (κ3) is 6.22. The number of carbonyl (C=O) groups is 1. The van der Waals surface area contributed by atoms with E-state index in [-0.39, 0.29) is 0 Å². The Morgan fingerprint density at radius 2 is 1.85 bits per heavy atom. The molecule has 1 aromatic carbocycles. The van der Waals surface area contributed by atoms with Gasteiger partial charge in [-0.05, 0) is 45.4 Å². The molecule has 0 saturated heterocycles. The molecule has 0 aliphatic carbocycles. The van der Waals surface area contributed by atoms with Gasteiger partial charge in [-0.1, -0.05) is 12.1 Å². The van der Waals surface area contributed by atoms with Crippen LogP contribution in [0.4, 0.5) is 4.79 Å². The first-order valence-electron chi connectivity index (χ1n) is 6.45. The molecule has 1 aromatic rings. The number of nitrogens with one attached hydrogen (secondary N) is 1. The van der Waals surface area contributed by atoms with Crippen LogP contribution in [0.2, 0.25) is 0 Å². The van der Waals surface area contributed by atoms with E-state index in [0.29, 0.717) is 6.42 Å². The minimum atomic E-state index is -0.549. The number of rotatable bonds is 4. The number of nitrogens with zero attached hydrogens (tertiary/aromatic N) is 1. The first kappa shape index (κ1) is 16.0. The fourth-order valence-electron chi connectivity index (χ4n) is 1.52. The zero-order chi connectivity index (χ0) is 15.2. The lowest BCUT2D eigenvalue weighted by atomic mass is 10.1. The molecule has 0 aromatic heterocycles. The molecular formula is C15H22N2O3. The van der Waals surface area contributed by atoms with E-state index in [1.807, 2.05) is 31.2 Å². The number of hydrogen-bond donors (Lipinski definition) is 1. The molecular weight excluding hydrogens is 256 g/mol. The summed E-state index contributed by atoms with van der Waals surface area (Å²) in [5, 5.41) is 4.01. The van der Waals surface area contributed by atoms with Gasteiger partial charge in [0.15, 0.2) is 0 Å². The van der Waals surface area contributed by atoms with Crippen LogP contribution in [0.3, 0.4) is 0 Å². The number of ether oxygens (including phenoxy) is 2. The van der Waals surface area contributed by atoms with Crippen LogP contribution < -0.4 is 10.2 Å². The summed E-state index contributed by atoms with van der Waals surface area (Å²) in [5.74, 6) is 0.815. The molecule has 0 aliphatic heterocycles. The fourth-order valence-corrected chi connectivity index (χ4v) is 1.52. The second kappa shape index (κ2) is 6.93. The summed E-state index contributed by atoms with van der Waals surface area (Å²) >= 11 is 0. The largest absolute Gasteiger partial charge is 0.497 e. The minimum absolute atomic E-state index is 0.524. The van der Waals surface area contributed by atoms with Crippen molar-refractivity contribution in [2.75, 3.05) is 7.11 Å². The van der Waals surface area contributed by atoms with Gasteiger partial charge in [-0.25, -0.2) is 10.2 Å². The van der Waals surface area contributed by atoms with Crippen LogP contribution >= 0.6 is 0 Å². The number of benzene rings is 1. The van der Waals surface area contributed by atoms with Gasteiger partial charge in [0.25, 0.3) is 0 Å². The van der Waals surface area contributed by atoms with Crippen LogP contribution in [0.5, 0.6) is 5.75 Å². The van der Waals surface area contributed by atoms with E-state index < -0.39 is 11.7 Å². The van der Waals surface area contributed by atoms with Crippen molar-refractivity contribution in [3.63, 3.8) is 0 Å². The predicted octanol–water partition coefficient (Wildman–Crippen LogP) is 3.14. The van der Waals surface area contributed by atoms with E-state index in [2.05, 4.69) is 10.5 Å². The van der Waals surface area contributed by atoms with Crippen LogP contribution in [0.25, 0.3) is 0 Å². The Morgan fingerprint density at radius 1 is 1.25 bits per heavy atom. The summed E-state index contributed by atoms with van der Waals surface area (Å²) in [4.78, 5) is 11.4. The fraction of sp³-hybridized carbons (Fsp3) is 0.467. The molecule has 0 heterocycles. The van der Waals surface area contributed by atoms with E-state index in [4.69, 9.17) is 9.47 Å². The maximum Gasteiger partial charge on any atom is 0.428 e. The lowest BCUT2D eigenvalue weighted by molar-refractivity contribution is 0.0529. The van der Waals surface area contributed by atoms with Crippen molar-refractivity contribution in [1.82, 2.24) is 5.43 Å². The van der Waals surface area contributed by atoms with Gasteiger partial charge in [0.1, 0.15) is 11.4 Å². The van der Waals surface area contributed by atoms with E-state index in [1.165, 1.54) is 0 Å². The summed E-state index contributed by atoms with van der Waals surface area (Å²) in [6.45, 7) is 7.27. The predicted molar refractivity (Wildman–Crippen MR) is 79.2 cm³/mol. The number of carbonyl (C=O) groups excluding carboxylic acids is 1. The van der Waals surface area contributed by atoms with Crippen molar-refractivity contribution in [3.8, 4) is 5.75 Å². The molecule has 1 amide bonds. The summed E-state index contributed by atoms with van der Waals surface area (Å²) in [7, 11) is 1.63. The maximum atomic E-state index is 11.4. The summed E-state index contributed by atoms with van der Waals surface area (Å²) in [5.41, 5.74) is 3.75. The highest BCUT2D eigenvalue weighted by atomic mass is 16.6. The van der Waals surface area contributed by atoms with Gasteiger partial charge in [0.05, 0.1) is 7.11 Å². The number of hydrogen-bond acceptors (Lipinski definition) is 4. The molecule has 0 aliphatic rings. The SMILES string of the molecule is COc1ccc(CC(C)=NNC(=O)OC(C)(C)C)cc1. The van der Waals surface area contributed by atoms with Crippen molar-refractivity contribution in [2.45, 2.75) is 39.7 Å². The quantitative estimate of drug-likeness (QED) is 0.680. The van der Waals surface area contributed by atoms with Crippen molar-refractivity contribution >= 4 is 11.8 Å². The normalized spacial score (nSPS) is 11.9. The summed E-state index contributed by atoms with van der Waals surface area (Å²) in [6.07, 6.45) is 0.103. The van der Waals surface area contributed by atoms with Gasteiger partial charge < -0.3 is 9.47 Å². The standard InChI is InChI=1S/C15H22N2O3/c1-11(16-17-14(18)20-15(2,3)4)10-12-6-8-13(19-5)9-7-12/h6-9H,10H2,1-5H3,(H,17,18). The average molecular weight is 278 g/mol. The van der Waals surface area contributed by atoms with Crippen LogP contribution in [-0.4, -0.2) is 24.5 Å². The van der Waals surface area contributed by atoms with Crippen molar-refractivity contribution < 1.29 is 14.3 Å². The van der Waals surface area contributed by atoms with E-state index >= 15 is 0 Å². The first-order chi connectivity index (χ1) is 9.30. The lowest BCUT2D eigenvalue weighted by Crippen LogP contribution is -2.30. The number of hydrazone groups is 1. The summed E-state index contributed by atoms with van der Waals surface area (Å²) in [6, 6.07) is 7.71. The van der Waals surface area contributed by atoms with Gasteiger partial charge in [0.2, 0.25) is 0 Å². The number of amides is 1. The Hall–Kier alpha value is -2.04. The molecule has 5 heteroatoms.